The number of halogens is 1. The molecule has 1 heterocycles. The molecule has 1 amide bonds. The summed E-state index contributed by atoms with van der Waals surface area (Å²) < 4.78 is 4.85. The van der Waals surface area contributed by atoms with E-state index in [2.05, 4.69) is 37.8 Å². The highest BCUT2D eigenvalue weighted by atomic mass is 79.9. The summed E-state index contributed by atoms with van der Waals surface area (Å²) in [4.78, 5) is 12.7. The van der Waals surface area contributed by atoms with Crippen molar-refractivity contribution in [3.63, 3.8) is 0 Å². The number of rotatable bonds is 5. The summed E-state index contributed by atoms with van der Waals surface area (Å²) in [5.74, 6) is -0.103. The first-order valence-corrected chi connectivity index (χ1v) is 7.61. The van der Waals surface area contributed by atoms with Crippen molar-refractivity contribution in [1.82, 2.24) is 14.9 Å². The molecule has 0 saturated carbocycles. The van der Waals surface area contributed by atoms with E-state index in [0.29, 0.717) is 11.4 Å². The number of nitrogens with one attached hydrogen (secondary N) is 1. The van der Waals surface area contributed by atoms with Crippen molar-refractivity contribution >= 4 is 33.4 Å². The van der Waals surface area contributed by atoms with E-state index >= 15 is 0 Å². The van der Waals surface area contributed by atoms with Gasteiger partial charge in [-0.05, 0) is 29.6 Å². The van der Waals surface area contributed by atoms with Crippen molar-refractivity contribution in [3.05, 3.63) is 44.9 Å². The number of carbonyl (C=O) groups is 1. The standard InChI is InChI=1S/C13H14BrN3OS/c1-2-5-11-12(19-17-16-11)13(18)15-8-9-6-3-4-7-10(9)14/h3-4,6-7H,2,5,8H2,1H3,(H,15,18). The van der Waals surface area contributed by atoms with E-state index in [-0.39, 0.29) is 5.91 Å². The van der Waals surface area contributed by atoms with Crippen molar-refractivity contribution < 1.29 is 4.79 Å². The van der Waals surface area contributed by atoms with E-state index in [1.165, 1.54) is 0 Å². The molecule has 6 heteroatoms. The van der Waals surface area contributed by atoms with E-state index in [4.69, 9.17) is 0 Å². The Bertz CT molecular complexity index is 571. The summed E-state index contributed by atoms with van der Waals surface area (Å²) in [7, 11) is 0. The van der Waals surface area contributed by atoms with E-state index in [1.54, 1.807) is 0 Å². The lowest BCUT2D eigenvalue weighted by Gasteiger charge is -2.06. The Morgan fingerprint density at radius 3 is 2.95 bits per heavy atom. The van der Waals surface area contributed by atoms with Crippen molar-refractivity contribution in [1.29, 1.82) is 0 Å². The van der Waals surface area contributed by atoms with Gasteiger partial charge in [-0.3, -0.25) is 4.79 Å². The van der Waals surface area contributed by atoms with Crippen LogP contribution in [0.4, 0.5) is 0 Å². The highest BCUT2D eigenvalue weighted by molar-refractivity contribution is 9.10. The molecule has 1 N–H and O–H groups in total. The summed E-state index contributed by atoms with van der Waals surface area (Å²) in [6.07, 6.45) is 1.74. The topological polar surface area (TPSA) is 54.9 Å². The average molecular weight is 340 g/mol. The fraction of sp³-hybridized carbons (Fsp3) is 0.308. The lowest BCUT2D eigenvalue weighted by molar-refractivity contribution is 0.0954. The number of aromatic nitrogens is 2. The fourth-order valence-corrected chi connectivity index (χ4v) is 2.73. The zero-order chi connectivity index (χ0) is 13.7. The van der Waals surface area contributed by atoms with E-state index < -0.39 is 0 Å². The maximum atomic E-state index is 12.1. The van der Waals surface area contributed by atoms with Gasteiger partial charge in [-0.2, -0.15) is 0 Å². The maximum absolute atomic E-state index is 12.1. The van der Waals surface area contributed by atoms with Gasteiger partial charge >= 0.3 is 0 Å². The molecule has 0 radical (unpaired) electrons. The number of amides is 1. The molecular formula is C13H14BrN3OS. The van der Waals surface area contributed by atoms with Crippen LogP contribution in [-0.2, 0) is 13.0 Å². The van der Waals surface area contributed by atoms with Gasteiger partial charge in [0.05, 0.1) is 5.69 Å². The monoisotopic (exact) mass is 339 g/mol. The molecule has 0 aliphatic rings. The maximum Gasteiger partial charge on any atom is 0.265 e. The molecule has 0 atom stereocenters. The van der Waals surface area contributed by atoms with E-state index in [1.807, 2.05) is 24.3 Å². The minimum absolute atomic E-state index is 0.103. The number of carbonyl (C=O) groups excluding carboxylic acids is 1. The van der Waals surface area contributed by atoms with Gasteiger partial charge in [0, 0.05) is 11.0 Å². The second-order valence-corrected chi connectivity index (χ2v) is 5.68. The van der Waals surface area contributed by atoms with Crippen LogP contribution < -0.4 is 5.32 Å². The molecule has 100 valence electrons. The Morgan fingerprint density at radius 1 is 1.42 bits per heavy atom. The molecule has 2 rings (SSSR count). The van der Waals surface area contributed by atoms with Crippen LogP contribution >= 0.6 is 27.5 Å². The van der Waals surface area contributed by atoms with Crippen molar-refractivity contribution in [2.24, 2.45) is 0 Å². The lowest BCUT2D eigenvalue weighted by Crippen LogP contribution is -2.23. The highest BCUT2D eigenvalue weighted by Crippen LogP contribution is 2.16. The third kappa shape index (κ3) is 3.61. The average Bonchev–Trinajstić information content (AvgIpc) is 2.86. The van der Waals surface area contributed by atoms with Crippen LogP contribution in [0, 0.1) is 0 Å². The largest absolute Gasteiger partial charge is 0.347 e. The zero-order valence-corrected chi connectivity index (χ0v) is 12.9. The molecular weight excluding hydrogens is 326 g/mol. The molecule has 0 aliphatic carbocycles. The SMILES string of the molecule is CCCc1nnsc1C(=O)NCc1ccccc1Br. The van der Waals surface area contributed by atoms with E-state index in [9.17, 15) is 4.79 Å². The first kappa shape index (κ1) is 14.1. The fourth-order valence-electron chi connectivity index (χ4n) is 1.68. The van der Waals surface area contributed by atoms with Gasteiger partial charge in [-0.1, -0.05) is 52.0 Å². The predicted octanol–water partition coefficient (Wildman–Crippen LogP) is 3.18. The summed E-state index contributed by atoms with van der Waals surface area (Å²) >= 11 is 4.61. The quantitative estimate of drug-likeness (QED) is 0.910. The Labute approximate surface area is 124 Å². The molecule has 0 saturated heterocycles. The summed E-state index contributed by atoms with van der Waals surface area (Å²) in [5, 5.41) is 6.90. The number of nitrogens with zero attached hydrogens (tertiary/aromatic N) is 2. The predicted molar refractivity (Wildman–Crippen MR) is 79.2 cm³/mol. The third-order valence-electron chi connectivity index (χ3n) is 2.65. The number of hydrogen-bond acceptors (Lipinski definition) is 4. The summed E-state index contributed by atoms with van der Waals surface area (Å²) in [5.41, 5.74) is 1.84. The van der Waals surface area contributed by atoms with Crippen molar-refractivity contribution in [2.45, 2.75) is 26.3 Å². The molecule has 0 fully saturated rings. The molecule has 1 aromatic carbocycles. The minimum atomic E-state index is -0.103. The Morgan fingerprint density at radius 2 is 2.21 bits per heavy atom. The van der Waals surface area contributed by atoms with Crippen LogP contribution in [0.15, 0.2) is 28.7 Å². The Balaban J connectivity index is 2.02. The molecule has 19 heavy (non-hydrogen) atoms. The zero-order valence-electron chi connectivity index (χ0n) is 10.5. The van der Waals surface area contributed by atoms with Crippen LogP contribution in [0.2, 0.25) is 0 Å². The second-order valence-electron chi connectivity index (χ2n) is 4.07. The molecule has 0 bridgehead atoms. The van der Waals surface area contributed by atoms with Gasteiger partial charge in [0.25, 0.3) is 5.91 Å². The smallest absolute Gasteiger partial charge is 0.265 e. The first-order chi connectivity index (χ1) is 9.22. The summed E-state index contributed by atoms with van der Waals surface area (Å²) in [6.45, 7) is 2.55. The minimum Gasteiger partial charge on any atom is -0.347 e. The second kappa shape index (κ2) is 6.77. The van der Waals surface area contributed by atoms with Crippen LogP contribution in [0.3, 0.4) is 0 Å². The molecule has 0 spiro atoms. The third-order valence-corrected chi connectivity index (χ3v) is 4.19. The number of aryl methyl sites for hydroxylation is 1. The van der Waals surface area contributed by atoms with Crippen LogP contribution in [0.1, 0.15) is 34.3 Å². The number of hydrogen-bond donors (Lipinski definition) is 1. The van der Waals surface area contributed by atoms with Crippen molar-refractivity contribution in [2.75, 3.05) is 0 Å². The van der Waals surface area contributed by atoms with Gasteiger partial charge < -0.3 is 5.32 Å². The van der Waals surface area contributed by atoms with Gasteiger partial charge in [0.1, 0.15) is 4.88 Å². The van der Waals surface area contributed by atoms with Crippen LogP contribution in [0.5, 0.6) is 0 Å². The number of benzene rings is 1. The normalized spacial score (nSPS) is 10.4. The summed E-state index contributed by atoms with van der Waals surface area (Å²) in [6, 6.07) is 7.82. The molecule has 4 nitrogen and oxygen atoms in total. The van der Waals surface area contributed by atoms with Gasteiger partial charge in [0.15, 0.2) is 0 Å². The van der Waals surface area contributed by atoms with Crippen LogP contribution in [0.25, 0.3) is 0 Å². The molecule has 0 aliphatic heterocycles. The molecule has 1 aromatic heterocycles. The van der Waals surface area contributed by atoms with Crippen molar-refractivity contribution in [3.8, 4) is 0 Å². The van der Waals surface area contributed by atoms with Gasteiger partial charge in [-0.15, -0.1) is 5.10 Å². The van der Waals surface area contributed by atoms with Gasteiger partial charge in [0.2, 0.25) is 0 Å². The Kier molecular flexibility index (Phi) is 5.04. The first-order valence-electron chi connectivity index (χ1n) is 6.05. The lowest BCUT2D eigenvalue weighted by atomic mass is 10.2. The van der Waals surface area contributed by atoms with Crippen LogP contribution in [-0.4, -0.2) is 15.5 Å². The van der Waals surface area contributed by atoms with E-state index in [0.717, 1.165) is 40.1 Å². The highest BCUT2D eigenvalue weighted by Gasteiger charge is 2.15. The molecule has 2 aromatic rings. The molecule has 0 unspecified atom stereocenters. The Hall–Kier alpha value is -1.27. The van der Waals surface area contributed by atoms with Gasteiger partial charge in [-0.25, -0.2) is 0 Å².